The Balaban J connectivity index is 2.13. The van der Waals surface area contributed by atoms with Crippen LogP contribution in [0.25, 0.3) is 22.3 Å². The molecule has 0 saturated carbocycles. The Kier molecular flexibility index (Phi) is 2.38. The van der Waals surface area contributed by atoms with Gasteiger partial charge in [0, 0.05) is 24.2 Å². The van der Waals surface area contributed by atoms with E-state index in [9.17, 15) is 0 Å². The van der Waals surface area contributed by atoms with Crippen molar-refractivity contribution in [1.82, 2.24) is 19.7 Å². The second kappa shape index (κ2) is 3.90. The molecule has 6 heteroatoms. The van der Waals surface area contributed by atoms with E-state index in [0.29, 0.717) is 5.01 Å². The highest BCUT2D eigenvalue weighted by molar-refractivity contribution is 7.09. The van der Waals surface area contributed by atoms with Crippen molar-refractivity contribution in [1.29, 1.82) is 0 Å². The van der Waals surface area contributed by atoms with Gasteiger partial charge in [-0.05, 0) is 6.07 Å². The van der Waals surface area contributed by atoms with Gasteiger partial charge in [0.2, 0.25) is 0 Å². The Hall–Kier alpha value is -1.79. The summed E-state index contributed by atoms with van der Waals surface area (Å²) in [5, 5.41) is 15.8. The monoisotopic (exact) mass is 246 g/mol. The first-order chi connectivity index (χ1) is 8.28. The van der Waals surface area contributed by atoms with E-state index in [2.05, 4.69) is 15.1 Å². The number of aliphatic hydroxyl groups is 1. The molecule has 0 saturated heterocycles. The third kappa shape index (κ3) is 1.71. The Bertz CT molecular complexity index is 673. The average molecular weight is 246 g/mol. The van der Waals surface area contributed by atoms with Crippen molar-refractivity contribution < 1.29 is 5.11 Å². The van der Waals surface area contributed by atoms with Crippen LogP contribution in [-0.4, -0.2) is 24.9 Å². The number of nitrogens with zero attached hydrogens (tertiary/aromatic N) is 4. The lowest BCUT2D eigenvalue weighted by atomic mass is 10.2. The molecule has 0 aliphatic carbocycles. The Labute approximate surface area is 101 Å². The molecule has 0 aliphatic rings. The van der Waals surface area contributed by atoms with Crippen LogP contribution in [0.4, 0.5) is 0 Å². The summed E-state index contributed by atoms with van der Waals surface area (Å²) in [6, 6.07) is 2.01. The minimum atomic E-state index is -0.0218. The Morgan fingerprint density at radius 1 is 1.41 bits per heavy atom. The highest BCUT2D eigenvalue weighted by Crippen LogP contribution is 2.24. The molecule has 3 aromatic rings. The van der Waals surface area contributed by atoms with Crippen LogP contribution < -0.4 is 0 Å². The van der Waals surface area contributed by atoms with Crippen LogP contribution >= 0.6 is 11.3 Å². The van der Waals surface area contributed by atoms with E-state index in [1.54, 1.807) is 17.1 Å². The minimum absolute atomic E-state index is 0.0218. The van der Waals surface area contributed by atoms with Gasteiger partial charge >= 0.3 is 0 Å². The molecule has 0 amide bonds. The maximum Gasteiger partial charge on any atom is 0.119 e. The first-order valence-corrected chi connectivity index (χ1v) is 5.99. The van der Waals surface area contributed by atoms with Crippen LogP contribution in [0, 0.1) is 0 Å². The van der Waals surface area contributed by atoms with Gasteiger partial charge in [-0.3, -0.25) is 9.67 Å². The maximum absolute atomic E-state index is 9.00. The fraction of sp³-hybridized carbons (Fsp3) is 0.182. The molecular formula is C11H10N4OS. The van der Waals surface area contributed by atoms with Gasteiger partial charge in [-0.1, -0.05) is 0 Å². The van der Waals surface area contributed by atoms with Crippen LogP contribution in [0.5, 0.6) is 0 Å². The van der Waals surface area contributed by atoms with Gasteiger partial charge in [-0.25, -0.2) is 4.98 Å². The topological polar surface area (TPSA) is 63.8 Å². The number of aryl methyl sites for hydroxylation is 1. The van der Waals surface area contributed by atoms with Gasteiger partial charge in [0.25, 0.3) is 0 Å². The molecule has 5 nitrogen and oxygen atoms in total. The lowest BCUT2D eigenvalue weighted by molar-refractivity contribution is 0.281. The zero-order valence-corrected chi connectivity index (χ0v) is 9.98. The first kappa shape index (κ1) is 10.4. The molecule has 17 heavy (non-hydrogen) atoms. The van der Waals surface area contributed by atoms with Gasteiger partial charge in [0.15, 0.2) is 0 Å². The molecule has 3 rings (SSSR count). The van der Waals surface area contributed by atoms with Gasteiger partial charge in [0.05, 0.1) is 24.0 Å². The molecule has 0 aromatic carbocycles. The summed E-state index contributed by atoms with van der Waals surface area (Å²) >= 11 is 1.44. The SMILES string of the molecule is Cn1ncc2ncc(-c3csc(CO)n3)cc21. The lowest BCUT2D eigenvalue weighted by Crippen LogP contribution is -1.90. The number of fused-ring (bicyclic) bond motifs is 1. The molecular weight excluding hydrogens is 236 g/mol. The summed E-state index contributed by atoms with van der Waals surface area (Å²) in [4.78, 5) is 8.65. The van der Waals surface area contributed by atoms with Crippen molar-refractivity contribution in [3.05, 3.63) is 28.8 Å². The van der Waals surface area contributed by atoms with Gasteiger partial charge < -0.3 is 5.11 Å². The van der Waals surface area contributed by atoms with E-state index in [4.69, 9.17) is 5.11 Å². The number of thiazole rings is 1. The predicted molar refractivity (Wildman–Crippen MR) is 65.5 cm³/mol. The maximum atomic E-state index is 9.00. The van der Waals surface area contributed by atoms with Crippen molar-refractivity contribution in [2.45, 2.75) is 6.61 Å². The minimum Gasteiger partial charge on any atom is -0.389 e. The molecule has 0 spiro atoms. The zero-order chi connectivity index (χ0) is 11.8. The highest BCUT2D eigenvalue weighted by atomic mass is 32.1. The van der Waals surface area contributed by atoms with Crippen molar-refractivity contribution in [3.63, 3.8) is 0 Å². The van der Waals surface area contributed by atoms with E-state index >= 15 is 0 Å². The van der Waals surface area contributed by atoms with Gasteiger partial charge in [-0.2, -0.15) is 5.10 Å². The second-order valence-electron chi connectivity index (χ2n) is 3.68. The van der Waals surface area contributed by atoms with E-state index in [0.717, 1.165) is 22.3 Å². The number of pyridine rings is 1. The predicted octanol–water partition coefficient (Wildman–Crippen LogP) is 1.58. The molecule has 0 atom stereocenters. The van der Waals surface area contributed by atoms with Crippen molar-refractivity contribution >= 4 is 22.4 Å². The summed E-state index contributed by atoms with van der Waals surface area (Å²) in [5.74, 6) is 0. The smallest absolute Gasteiger partial charge is 0.119 e. The van der Waals surface area contributed by atoms with Crippen molar-refractivity contribution in [3.8, 4) is 11.3 Å². The largest absolute Gasteiger partial charge is 0.389 e. The van der Waals surface area contributed by atoms with E-state index < -0.39 is 0 Å². The summed E-state index contributed by atoms with van der Waals surface area (Å²) in [7, 11) is 1.88. The molecule has 3 aromatic heterocycles. The average Bonchev–Trinajstić information content (AvgIpc) is 2.96. The summed E-state index contributed by atoms with van der Waals surface area (Å²) in [5.41, 5.74) is 3.63. The second-order valence-corrected chi connectivity index (χ2v) is 4.62. The normalized spacial score (nSPS) is 11.2. The third-order valence-corrected chi connectivity index (χ3v) is 3.42. The molecule has 0 fully saturated rings. The van der Waals surface area contributed by atoms with Gasteiger partial charge in [0.1, 0.15) is 10.5 Å². The first-order valence-electron chi connectivity index (χ1n) is 5.11. The molecule has 0 bridgehead atoms. The van der Waals surface area contributed by atoms with Crippen LogP contribution in [0.3, 0.4) is 0 Å². The van der Waals surface area contributed by atoms with Crippen LogP contribution in [-0.2, 0) is 13.7 Å². The zero-order valence-electron chi connectivity index (χ0n) is 9.16. The number of hydrogen-bond donors (Lipinski definition) is 1. The van der Waals surface area contributed by atoms with Crippen molar-refractivity contribution in [2.75, 3.05) is 0 Å². The van der Waals surface area contributed by atoms with Crippen LogP contribution in [0.2, 0.25) is 0 Å². The van der Waals surface area contributed by atoms with E-state index in [1.165, 1.54) is 11.3 Å². The Morgan fingerprint density at radius 3 is 3.06 bits per heavy atom. The van der Waals surface area contributed by atoms with E-state index in [-0.39, 0.29) is 6.61 Å². The van der Waals surface area contributed by atoms with Crippen LogP contribution in [0.15, 0.2) is 23.8 Å². The number of rotatable bonds is 2. The Morgan fingerprint density at radius 2 is 2.29 bits per heavy atom. The molecule has 0 aliphatic heterocycles. The molecule has 0 radical (unpaired) electrons. The summed E-state index contributed by atoms with van der Waals surface area (Å²) in [6.07, 6.45) is 3.51. The fourth-order valence-corrected chi connectivity index (χ4v) is 2.34. The van der Waals surface area contributed by atoms with E-state index in [1.807, 2.05) is 18.5 Å². The number of aromatic nitrogens is 4. The fourth-order valence-electron chi connectivity index (χ4n) is 1.68. The lowest BCUT2D eigenvalue weighted by Gasteiger charge is -1.98. The quantitative estimate of drug-likeness (QED) is 0.745. The van der Waals surface area contributed by atoms with Crippen molar-refractivity contribution in [2.24, 2.45) is 7.05 Å². The summed E-state index contributed by atoms with van der Waals surface area (Å²) in [6.45, 7) is -0.0218. The third-order valence-electron chi connectivity index (χ3n) is 2.58. The molecule has 3 heterocycles. The standard InChI is InChI=1S/C11H10N4OS/c1-15-10-2-7(3-12-8(10)4-13-15)9-6-17-11(5-16)14-9/h2-4,6,16H,5H2,1H3. The molecule has 86 valence electrons. The number of hydrogen-bond acceptors (Lipinski definition) is 5. The van der Waals surface area contributed by atoms with Gasteiger partial charge in [-0.15, -0.1) is 11.3 Å². The van der Waals surface area contributed by atoms with Crippen LogP contribution in [0.1, 0.15) is 5.01 Å². The molecule has 1 N–H and O–H groups in total. The molecule has 0 unspecified atom stereocenters. The summed E-state index contributed by atoms with van der Waals surface area (Å²) < 4.78 is 1.78. The number of aliphatic hydroxyl groups excluding tert-OH is 1. The highest BCUT2D eigenvalue weighted by Gasteiger charge is 2.07.